The topological polar surface area (TPSA) is 76.1 Å². The van der Waals surface area contributed by atoms with Crippen LogP contribution in [0.5, 0.6) is 0 Å². The fraction of sp³-hybridized carbons (Fsp3) is 0.438. The Labute approximate surface area is 154 Å². The van der Waals surface area contributed by atoms with Crippen LogP contribution >= 0.6 is 23.1 Å². The highest BCUT2D eigenvalue weighted by Gasteiger charge is 2.16. The van der Waals surface area contributed by atoms with E-state index in [0.29, 0.717) is 24.8 Å². The van der Waals surface area contributed by atoms with Crippen molar-refractivity contribution >= 4 is 34.1 Å². The first-order valence-electron chi connectivity index (χ1n) is 7.83. The second kappa shape index (κ2) is 10.3. The van der Waals surface area contributed by atoms with Gasteiger partial charge in [-0.2, -0.15) is 0 Å². The first kappa shape index (κ1) is 19.6. The maximum absolute atomic E-state index is 12.9. The van der Waals surface area contributed by atoms with Gasteiger partial charge in [0.1, 0.15) is 5.82 Å². The lowest BCUT2D eigenvalue weighted by Crippen LogP contribution is -2.32. The third-order valence-corrected chi connectivity index (χ3v) is 5.30. The molecule has 1 atom stereocenters. The van der Waals surface area contributed by atoms with E-state index in [1.165, 1.54) is 35.2 Å². The Morgan fingerprint density at radius 3 is 2.84 bits per heavy atom. The number of ether oxygens (including phenoxy) is 1. The molecule has 0 spiro atoms. The molecule has 0 aliphatic carbocycles. The highest BCUT2D eigenvalue weighted by atomic mass is 32.2. The Bertz CT molecular complexity index is 666. The van der Waals surface area contributed by atoms with Crippen LogP contribution in [0.2, 0.25) is 0 Å². The normalized spacial score (nSPS) is 12.0. The van der Waals surface area contributed by atoms with Gasteiger partial charge in [-0.3, -0.25) is 4.79 Å². The molecule has 2 N–H and O–H groups in total. The van der Waals surface area contributed by atoms with Crippen molar-refractivity contribution < 1.29 is 13.9 Å². The Balaban J connectivity index is 1.76. The zero-order valence-corrected chi connectivity index (χ0v) is 15.8. The van der Waals surface area contributed by atoms with E-state index in [0.717, 1.165) is 16.3 Å². The van der Waals surface area contributed by atoms with Crippen LogP contribution in [0.4, 0.5) is 9.52 Å². The summed E-state index contributed by atoms with van der Waals surface area (Å²) in [6, 6.07) is 6.28. The predicted molar refractivity (Wildman–Crippen MR) is 98.5 cm³/mol. The minimum Gasteiger partial charge on any atom is -0.385 e. The third-order valence-electron chi connectivity index (χ3n) is 3.23. The molecule has 1 aromatic carbocycles. The molecular formula is C16H21FN4O2S2. The number of thioether (sulfide) groups is 1. The van der Waals surface area contributed by atoms with Crippen LogP contribution in [0.1, 0.15) is 18.9 Å². The lowest BCUT2D eigenvalue weighted by molar-refractivity contribution is -0.120. The van der Waals surface area contributed by atoms with Gasteiger partial charge in [0.25, 0.3) is 0 Å². The van der Waals surface area contributed by atoms with E-state index in [-0.39, 0.29) is 17.0 Å². The molecule has 1 unspecified atom stereocenters. The fourth-order valence-electron chi connectivity index (χ4n) is 1.89. The first-order chi connectivity index (χ1) is 12.1. The Kier molecular flexibility index (Phi) is 8.10. The number of nitrogens with zero attached hydrogens (tertiary/aromatic N) is 2. The summed E-state index contributed by atoms with van der Waals surface area (Å²) in [5.74, 6) is -0.287. The van der Waals surface area contributed by atoms with Gasteiger partial charge in [0.05, 0.1) is 5.25 Å². The van der Waals surface area contributed by atoms with Gasteiger partial charge in [-0.1, -0.05) is 35.2 Å². The van der Waals surface area contributed by atoms with Crippen molar-refractivity contribution in [2.24, 2.45) is 0 Å². The molecule has 0 saturated carbocycles. The zero-order chi connectivity index (χ0) is 18.1. The minimum absolute atomic E-state index is 0.0304. The van der Waals surface area contributed by atoms with Gasteiger partial charge in [-0.05, 0) is 31.0 Å². The maximum atomic E-state index is 12.9. The van der Waals surface area contributed by atoms with Crippen molar-refractivity contribution in [3.63, 3.8) is 0 Å². The SMILES string of the molecule is COCCCNC(=O)C(C)Sc1nnc(NCc2ccc(F)cc2)s1. The highest BCUT2D eigenvalue weighted by molar-refractivity contribution is 8.02. The number of carbonyl (C=O) groups is 1. The van der Waals surface area contributed by atoms with Crippen LogP contribution < -0.4 is 10.6 Å². The number of hydrogen-bond acceptors (Lipinski definition) is 7. The molecule has 2 aromatic rings. The minimum atomic E-state index is -0.257. The summed E-state index contributed by atoms with van der Waals surface area (Å²) in [5, 5.41) is 14.6. The highest BCUT2D eigenvalue weighted by Crippen LogP contribution is 2.29. The van der Waals surface area contributed by atoms with E-state index >= 15 is 0 Å². The van der Waals surface area contributed by atoms with E-state index in [9.17, 15) is 9.18 Å². The quantitative estimate of drug-likeness (QED) is 0.485. The Morgan fingerprint density at radius 1 is 1.36 bits per heavy atom. The second-order valence-electron chi connectivity index (χ2n) is 5.25. The molecule has 9 heteroatoms. The molecule has 6 nitrogen and oxygen atoms in total. The van der Waals surface area contributed by atoms with Crippen molar-refractivity contribution in [3.8, 4) is 0 Å². The molecule has 0 aliphatic rings. The number of anilines is 1. The fourth-order valence-corrected chi connectivity index (χ4v) is 3.80. The number of carbonyl (C=O) groups excluding carboxylic acids is 1. The molecular weight excluding hydrogens is 363 g/mol. The lowest BCUT2D eigenvalue weighted by atomic mass is 10.2. The standard InChI is InChI=1S/C16H21FN4O2S2/c1-11(14(22)18-8-3-9-23-2)24-16-21-20-15(25-16)19-10-12-4-6-13(17)7-5-12/h4-7,11H,3,8-10H2,1-2H3,(H,18,22)(H,19,20). The number of methoxy groups -OCH3 is 1. The van der Waals surface area contributed by atoms with Crippen LogP contribution in [0.3, 0.4) is 0 Å². The number of aromatic nitrogens is 2. The molecule has 0 bridgehead atoms. The van der Waals surface area contributed by atoms with Gasteiger partial charge < -0.3 is 15.4 Å². The number of rotatable bonds is 10. The maximum Gasteiger partial charge on any atom is 0.233 e. The number of halogens is 1. The van der Waals surface area contributed by atoms with E-state index in [1.807, 2.05) is 6.92 Å². The monoisotopic (exact) mass is 384 g/mol. The third kappa shape index (κ3) is 6.97. The molecule has 0 aliphatic heterocycles. The average Bonchev–Trinajstić information content (AvgIpc) is 3.05. The summed E-state index contributed by atoms with van der Waals surface area (Å²) in [6.07, 6.45) is 0.788. The molecule has 1 heterocycles. The van der Waals surface area contributed by atoms with E-state index in [4.69, 9.17) is 4.74 Å². The first-order valence-corrected chi connectivity index (χ1v) is 9.53. The second-order valence-corrected chi connectivity index (χ2v) is 7.82. The molecule has 0 saturated heterocycles. The summed E-state index contributed by atoms with van der Waals surface area (Å²) in [4.78, 5) is 12.0. The van der Waals surface area contributed by atoms with Crippen LogP contribution in [-0.4, -0.2) is 41.6 Å². The van der Waals surface area contributed by atoms with Crippen LogP contribution in [0, 0.1) is 5.82 Å². The lowest BCUT2D eigenvalue weighted by Gasteiger charge is -2.09. The van der Waals surface area contributed by atoms with Crippen LogP contribution in [-0.2, 0) is 16.1 Å². The van der Waals surface area contributed by atoms with Crippen molar-refractivity contribution in [3.05, 3.63) is 35.6 Å². The Hall–Kier alpha value is -1.71. The predicted octanol–water partition coefficient (Wildman–Crippen LogP) is 2.92. The largest absolute Gasteiger partial charge is 0.385 e. The summed E-state index contributed by atoms with van der Waals surface area (Å²) in [6.45, 7) is 3.60. The molecule has 0 radical (unpaired) electrons. The van der Waals surface area contributed by atoms with Gasteiger partial charge in [-0.25, -0.2) is 4.39 Å². The van der Waals surface area contributed by atoms with Crippen molar-refractivity contribution in [1.82, 2.24) is 15.5 Å². The number of hydrogen-bond donors (Lipinski definition) is 2. The van der Waals surface area contributed by atoms with Crippen molar-refractivity contribution in [2.45, 2.75) is 29.5 Å². The average molecular weight is 385 g/mol. The van der Waals surface area contributed by atoms with Gasteiger partial charge in [0, 0.05) is 26.8 Å². The summed E-state index contributed by atoms with van der Waals surface area (Å²) < 4.78 is 18.5. The van der Waals surface area contributed by atoms with Crippen molar-refractivity contribution in [1.29, 1.82) is 0 Å². The van der Waals surface area contributed by atoms with Gasteiger partial charge >= 0.3 is 0 Å². The molecule has 25 heavy (non-hydrogen) atoms. The smallest absolute Gasteiger partial charge is 0.233 e. The molecule has 2 rings (SSSR count). The Morgan fingerprint density at radius 2 is 2.12 bits per heavy atom. The summed E-state index contributed by atoms with van der Waals surface area (Å²) >= 11 is 2.76. The zero-order valence-electron chi connectivity index (χ0n) is 14.1. The number of nitrogens with one attached hydrogen (secondary N) is 2. The van der Waals surface area contributed by atoms with E-state index in [2.05, 4.69) is 20.8 Å². The van der Waals surface area contributed by atoms with Crippen molar-refractivity contribution in [2.75, 3.05) is 25.6 Å². The van der Waals surface area contributed by atoms with Crippen LogP contribution in [0.25, 0.3) is 0 Å². The van der Waals surface area contributed by atoms with Gasteiger partial charge in [0.2, 0.25) is 11.0 Å². The van der Waals surface area contributed by atoms with E-state index < -0.39 is 0 Å². The van der Waals surface area contributed by atoms with Crippen LogP contribution in [0.15, 0.2) is 28.6 Å². The molecule has 1 aromatic heterocycles. The molecule has 1 amide bonds. The van der Waals surface area contributed by atoms with E-state index in [1.54, 1.807) is 19.2 Å². The molecule has 0 fully saturated rings. The van der Waals surface area contributed by atoms with Gasteiger partial charge in [-0.15, -0.1) is 10.2 Å². The number of benzene rings is 1. The molecule has 136 valence electrons. The summed E-state index contributed by atoms with van der Waals surface area (Å²) in [7, 11) is 1.64. The number of amides is 1. The van der Waals surface area contributed by atoms with Gasteiger partial charge in [0.15, 0.2) is 4.34 Å². The summed E-state index contributed by atoms with van der Waals surface area (Å²) in [5.41, 5.74) is 0.953.